The largest absolute Gasteiger partial charge is 0.341 e. The molecule has 0 radical (unpaired) electrons. The first-order chi connectivity index (χ1) is 9.25. The first-order valence-corrected chi connectivity index (χ1v) is 6.42. The van der Waals surface area contributed by atoms with Crippen LogP contribution in [0.2, 0.25) is 0 Å². The van der Waals surface area contributed by atoms with Crippen molar-refractivity contribution in [2.45, 2.75) is 6.54 Å². The molecule has 0 aliphatic carbocycles. The highest BCUT2D eigenvalue weighted by atomic mass is 15.3. The summed E-state index contributed by atoms with van der Waals surface area (Å²) in [5.74, 6) is 0.991. The molecule has 3 nitrogen and oxygen atoms in total. The fourth-order valence-electron chi connectivity index (χ4n) is 2.40. The second-order valence-corrected chi connectivity index (χ2v) is 4.80. The standard InChI is InChI=1S/C16H17N3/c1-18(12-13-8-4-3-5-9-13)16-17-14-10-6-7-11-15(14)19(16)2/h3-11H,12H2,1-2H3. The fraction of sp³-hybridized carbons (Fsp3) is 0.188. The van der Waals surface area contributed by atoms with Gasteiger partial charge in [0, 0.05) is 20.6 Å². The van der Waals surface area contributed by atoms with Crippen molar-refractivity contribution in [2.24, 2.45) is 7.05 Å². The molecular formula is C16H17N3. The molecule has 3 rings (SSSR count). The molecule has 0 spiro atoms. The average Bonchev–Trinajstić information content (AvgIpc) is 2.78. The summed E-state index contributed by atoms with van der Waals surface area (Å²) in [5, 5.41) is 0. The van der Waals surface area contributed by atoms with Gasteiger partial charge in [0.25, 0.3) is 0 Å². The lowest BCUT2D eigenvalue weighted by atomic mass is 10.2. The number of aryl methyl sites for hydroxylation is 1. The van der Waals surface area contributed by atoms with Crippen LogP contribution in [0, 0.1) is 0 Å². The third kappa shape index (κ3) is 2.19. The SMILES string of the molecule is CN(Cc1ccccc1)c1nc2ccccc2n1C. The smallest absolute Gasteiger partial charge is 0.206 e. The Balaban J connectivity index is 1.93. The number of aromatic nitrogens is 2. The summed E-state index contributed by atoms with van der Waals surface area (Å²) >= 11 is 0. The van der Waals surface area contributed by atoms with Gasteiger partial charge in [-0.1, -0.05) is 42.5 Å². The molecule has 0 fully saturated rings. The summed E-state index contributed by atoms with van der Waals surface area (Å²) in [6.07, 6.45) is 0. The Morgan fingerprint density at radius 2 is 1.68 bits per heavy atom. The molecule has 96 valence electrons. The summed E-state index contributed by atoms with van der Waals surface area (Å²) in [6, 6.07) is 18.7. The van der Waals surface area contributed by atoms with Gasteiger partial charge in [-0.05, 0) is 17.7 Å². The molecule has 3 heteroatoms. The van der Waals surface area contributed by atoms with E-state index in [1.165, 1.54) is 5.56 Å². The molecule has 0 atom stereocenters. The Morgan fingerprint density at radius 1 is 1.00 bits per heavy atom. The Morgan fingerprint density at radius 3 is 2.42 bits per heavy atom. The predicted molar refractivity (Wildman–Crippen MR) is 79.3 cm³/mol. The summed E-state index contributed by atoms with van der Waals surface area (Å²) in [6.45, 7) is 0.859. The first kappa shape index (κ1) is 11.8. The van der Waals surface area contributed by atoms with Crippen LogP contribution in [0.4, 0.5) is 5.95 Å². The molecule has 1 aromatic heterocycles. The van der Waals surface area contributed by atoms with Crippen molar-refractivity contribution in [3.8, 4) is 0 Å². The fourth-order valence-corrected chi connectivity index (χ4v) is 2.40. The number of rotatable bonds is 3. The minimum atomic E-state index is 0.859. The number of benzene rings is 2. The van der Waals surface area contributed by atoms with Crippen molar-refractivity contribution in [3.05, 3.63) is 60.2 Å². The molecule has 19 heavy (non-hydrogen) atoms. The summed E-state index contributed by atoms with van der Waals surface area (Å²) in [5.41, 5.74) is 3.49. The maximum atomic E-state index is 4.70. The van der Waals surface area contributed by atoms with Crippen molar-refractivity contribution >= 4 is 17.0 Å². The summed E-state index contributed by atoms with van der Waals surface area (Å²) < 4.78 is 2.14. The van der Waals surface area contributed by atoms with Gasteiger partial charge in [0.1, 0.15) is 0 Å². The maximum Gasteiger partial charge on any atom is 0.206 e. The van der Waals surface area contributed by atoms with Crippen molar-refractivity contribution in [1.82, 2.24) is 9.55 Å². The molecule has 2 aromatic carbocycles. The number of nitrogens with zero attached hydrogens (tertiary/aromatic N) is 3. The van der Waals surface area contributed by atoms with E-state index < -0.39 is 0 Å². The van der Waals surface area contributed by atoms with Gasteiger partial charge in [0.15, 0.2) is 0 Å². The Hall–Kier alpha value is -2.29. The quantitative estimate of drug-likeness (QED) is 0.712. The van der Waals surface area contributed by atoms with Crippen LogP contribution >= 0.6 is 0 Å². The third-order valence-electron chi connectivity index (χ3n) is 3.37. The average molecular weight is 251 g/mol. The van der Waals surface area contributed by atoms with Crippen molar-refractivity contribution < 1.29 is 0 Å². The Labute approximate surface area is 113 Å². The number of imidazole rings is 1. The lowest BCUT2D eigenvalue weighted by Crippen LogP contribution is -2.19. The predicted octanol–water partition coefficient (Wildman–Crippen LogP) is 3.21. The van der Waals surface area contributed by atoms with Crippen molar-refractivity contribution in [2.75, 3.05) is 11.9 Å². The topological polar surface area (TPSA) is 21.1 Å². The molecule has 0 saturated carbocycles. The van der Waals surface area contributed by atoms with Gasteiger partial charge in [0.2, 0.25) is 5.95 Å². The molecule has 0 aliphatic heterocycles. The van der Waals surface area contributed by atoms with E-state index in [1.54, 1.807) is 0 Å². The monoisotopic (exact) mass is 251 g/mol. The minimum Gasteiger partial charge on any atom is -0.341 e. The van der Waals surface area contributed by atoms with E-state index >= 15 is 0 Å². The highest BCUT2D eigenvalue weighted by molar-refractivity contribution is 5.78. The zero-order valence-corrected chi connectivity index (χ0v) is 11.2. The number of fused-ring (bicyclic) bond motifs is 1. The van der Waals surface area contributed by atoms with E-state index in [0.717, 1.165) is 23.5 Å². The van der Waals surface area contributed by atoms with Crippen LogP contribution in [0.1, 0.15) is 5.56 Å². The van der Waals surface area contributed by atoms with Crippen LogP contribution < -0.4 is 4.90 Å². The third-order valence-corrected chi connectivity index (χ3v) is 3.37. The molecule has 0 bridgehead atoms. The maximum absolute atomic E-state index is 4.70. The molecule has 1 heterocycles. The van der Waals surface area contributed by atoms with Gasteiger partial charge < -0.3 is 9.47 Å². The van der Waals surface area contributed by atoms with Gasteiger partial charge in [-0.25, -0.2) is 4.98 Å². The molecule has 0 N–H and O–H groups in total. The van der Waals surface area contributed by atoms with E-state index in [2.05, 4.69) is 60.0 Å². The zero-order chi connectivity index (χ0) is 13.2. The molecular weight excluding hydrogens is 234 g/mol. The van der Waals surface area contributed by atoms with Crippen LogP contribution in [0.25, 0.3) is 11.0 Å². The van der Waals surface area contributed by atoms with Gasteiger partial charge in [-0.3, -0.25) is 0 Å². The Bertz CT molecular complexity index is 686. The number of para-hydroxylation sites is 2. The van der Waals surface area contributed by atoms with Crippen molar-refractivity contribution in [3.63, 3.8) is 0 Å². The summed E-state index contributed by atoms with van der Waals surface area (Å²) in [7, 11) is 4.14. The van der Waals surface area contributed by atoms with Gasteiger partial charge in [-0.15, -0.1) is 0 Å². The van der Waals surface area contributed by atoms with Crippen LogP contribution in [-0.4, -0.2) is 16.6 Å². The second-order valence-electron chi connectivity index (χ2n) is 4.80. The number of hydrogen-bond acceptors (Lipinski definition) is 2. The van der Waals surface area contributed by atoms with E-state index in [9.17, 15) is 0 Å². The Kier molecular flexibility index (Phi) is 2.95. The summed E-state index contributed by atoms with van der Waals surface area (Å²) in [4.78, 5) is 6.87. The van der Waals surface area contributed by atoms with E-state index in [4.69, 9.17) is 4.98 Å². The van der Waals surface area contributed by atoms with Crippen LogP contribution in [0.15, 0.2) is 54.6 Å². The van der Waals surface area contributed by atoms with Gasteiger partial charge >= 0.3 is 0 Å². The zero-order valence-electron chi connectivity index (χ0n) is 11.2. The highest BCUT2D eigenvalue weighted by Gasteiger charge is 2.11. The number of anilines is 1. The van der Waals surface area contributed by atoms with Crippen LogP contribution in [-0.2, 0) is 13.6 Å². The molecule has 0 amide bonds. The second kappa shape index (κ2) is 4.76. The van der Waals surface area contributed by atoms with Crippen molar-refractivity contribution in [1.29, 1.82) is 0 Å². The van der Waals surface area contributed by atoms with Gasteiger partial charge in [0.05, 0.1) is 11.0 Å². The van der Waals surface area contributed by atoms with Gasteiger partial charge in [-0.2, -0.15) is 0 Å². The first-order valence-electron chi connectivity index (χ1n) is 6.42. The van der Waals surface area contributed by atoms with Crippen LogP contribution in [0.3, 0.4) is 0 Å². The van der Waals surface area contributed by atoms with E-state index in [-0.39, 0.29) is 0 Å². The molecule has 0 unspecified atom stereocenters. The van der Waals surface area contributed by atoms with E-state index in [0.29, 0.717) is 0 Å². The van der Waals surface area contributed by atoms with E-state index in [1.807, 2.05) is 18.2 Å². The minimum absolute atomic E-state index is 0.859. The normalized spacial score (nSPS) is 10.8. The molecule has 0 aliphatic rings. The molecule has 0 saturated heterocycles. The van der Waals surface area contributed by atoms with Crippen LogP contribution in [0.5, 0.6) is 0 Å². The lowest BCUT2D eigenvalue weighted by Gasteiger charge is -2.18. The molecule has 3 aromatic rings. The highest BCUT2D eigenvalue weighted by Crippen LogP contribution is 2.21. The number of hydrogen-bond donors (Lipinski definition) is 0. The lowest BCUT2D eigenvalue weighted by molar-refractivity contribution is 0.818.